The number of esters is 2. The van der Waals surface area contributed by atoms with E-state index in [-0.39, 0.29) is 4.90 Å². The molecule has 0 aromatic carbocycles. The third kappa shape index (κ3) is 5.00. The quantitative estimate of drug-likeness (QED) is 0.391. The molecular formula is C16H20F3NO8. The van der Waals surface area contributed by atoms with E-state index < -0.39 is 66.8 Å². The second kappa shape index (κ2) is 8.17. The van der Waals surface area contributed by atoms with Crippen LogP contribution in [0.2, 0.25) is 0 Å². The summed E-state index contributed by atoms with van der Waals surface area (Å²) in [6, 6.07) is 0. The Labute approximate surface area is 158 Å². The van der Waals surface area contributed by atoms with Gasteiger partial charge in [0.1, 0.15) is 12.1 Å². The molecule has 1 aliphatic rings. The molecule has 0 aromatic heterocycles. The Kier molecular flexibility index (Phi) is 6.83. The Morgan fingerprint density at radius 1 is 1.25 bits per heavy atom. The molecule has 1 saturated heterocycles. The molecule has 0 aromatic rings. The van der Waals surface area contributed by atoms with Gasteiger partial charge in [0.15, 0.2) is 0 Å². The van der Waals surface area contributed by atoms with E-state index in [1.165, 1.54) is 27.7 Å². The van der Waals surface area contributed by atoms with Gasteiger partial charge in [-0.15, -0.1) is 0 Å². The van der Waals surface area contributed by atoms with E-state index in [9.17, 15) is 32.3 Å². The van der Waals surface area contributed by atoms with E-state index in [0.717, 1.165) is 0 Å². The monoisotopic (exact) mass is 411 g/mol. The van der Waals surface area contributed by atoms with Crippen molar-refractivity contribution in [2.45, 2.75) is 45.2 Å². The zero-order valence-electron chi connectivity index (χ0n) is 15.7. The molecule has 1 rings (SSSR count). The maximum absolute atomic E-state index is 13.8. The van der Waals surface area contributed by atoms with Crippen molar-refractivity contribution < 1.29 is 51.3 Å². The smallest absolute Gasteiger partial charge is 0.462 e. The molecular weight excluding hydrogens is 391 g/mol. The van der Waals surface area contributed by atoms with Gasteiger partial charge >= 0.3 is 30.0 Å². The largest absolute Gasteiger partial charge is 0.516 e. The van der Waals surface area contributed by atoms with Gasteiger partial charge in [0.05, 0.1) is 13.2 Å². The van der Waals surface area contributed by atoms with Gasteiger partial charge in [0.2, 0.25) is 0 Å². The van der Waals surface area contributed by atoms with Crippen LogP contribution in [0.1, 0.15) is 27.7 Å². The van der Waals surface area contributed by atoms with E-state index in [1.54, 1.807) is 0 Å². The van der Waals surface area contributed by atoms with Crippen LogP contribution in [-0.2, 0) is 33.3 Å². The van der Waals surface area contributed by atoms with Gasteiger partial charge in [-0.05, 0) is 27.7 Å². The van der Waals surface area contributed by atoms with Crippen molar-refractivity contribution in [2.24, 2.45) is 0 Å². The lowest BCUT2D eigenvalue weighted by atomic mass is 10.1. The number of carbonyl (C=O) groups excluding carboxylic acids is 4. The second-order valence-electron chi connectivity index (χ2n) is 6.58. The van der Waals surface area contributed by atoms with Crippen LogP contribution in [0.15, 0.2) is 12.2 Å². The number of hydrogen-bond acceptors (Lipinski definition) is 8. The molecule has 1 heterocycles. The van der Waals surface area contributed by atoms with Crippen LogP contribution in [0.3, 0.4) is 0 Å². The normalized spacial score (nSPS) is 20.6. The van der Waals surface area contributed by atoms with Gasteiger partial charge in [-0.25, -0.2) is 14.4 Å². The van der Waals surface area contributed by atoms with Crippen molar-refractivity contribution >= 4 is 24.0 Å². The summed E-state index contributed by atoms with van der Waals surface area (Å²) < 4.78 is 59.3. The number of rotatable bonds is 4. The Bertz CT molecular complexity index is 682. The van der Waals surface area contributed by atoms with Gasteiger partial charge in [-0.1, -0.05) is 6.58 Å². The molecule has 0 bridgehead atoms. The summed E-state index contributed by atoms with van der Waals surface area (Å²) in [5.74, 6) is -4.93. The predicted molar refractivity (Wildman–Crippen MR) is 84.6 cm³/mol. The van der Waals surface area contributed by atoms with Crippen molar-refractivity contribution in [3.8, 4) is 0 Å². The molecule has 158 valence electrons. The zero-order chi connectivity index (χ0) is 21.9. The molecule has 0 aliphatic carbocycles. The van der Waals surface area contributed by atoms with E-state index in [2.05, 4.69) is 20.8 Å². The van der Waals surface area contributed by atoms with Gasteiger partial charge < -0.3 is 18.9 Å². The van der Waals surface area contributed by atoms with Crippen molar-refractivity contribution in [1.29, 1.82) is 0 Å². The third-order valence-corrected chi connectivity index (χ3v) is 3.19. The molecule has 28 heavy (non-hydrogen) atoms. The highest BCUT2D eigenvalue weighted by Crippen LogP contribution is 2.41. The Morgan fingerprint density at radius 2 is 1.82 bits per heavy atom. The van der Waals surface area contributed by atoms with E-state index >= 15 is 0 Å². The maximum atomic E-state index is 13.8. The summed E-state index contributed by atoms with van der Waals surface area (Å²) in [5.41, 5.74) is -5.39. The highest BCUT2D eigenvalue weighted by Gasteiger charge is 2.70. The van der Waals surface area contributed by atoms with Crippen LogP contribution in [0.25, 0.3) is 0 Å². The van der Waals surface area contributed by atoms with Gasteiger partial charge in [-0.3, -0.25) is 9.69 Å². The minimum Gasteiger partial charge on any atom is -0.462 e. The second-order valence-corrected chi connectivity index (χ2v) is 6.58. The first-order valence-electron chi connectivity index (χ1n) is 7.97. The van der Waals surface area contributed by atoms with Crippen molar-refractivity contribution in [3.63, 3.8) is 0 Å². The minimum atomic E-state index is -5.47. The number of alkyl halides is 3. The number of ether oxygens (including phenoxy) is 4. The summed E-state index contributed by atoms with van der Waals surface area (Å²) in [6.45, 7) is 6.03. The fraction of sp³-hybridized carbons (Fsp3) is 0.625. The van der Waals surface area contributed by atoms with E-state index in [1.807, 2.05) is 0 Å². The van der Waals surface area contributed by atoms with Crippen LogP contribution in [0.5, 0.6) is 0 Å². The highest BCUT2D eigenvalue weighted by molar-refractivity contribution is 6.00. The minimum absolute atomic E-state index is 0.233. The summed E-state index contributed by atoms with van der Waals surface area (Å²) in [4.78, 5) is 47.6. The third-order valence-electron chi connectivity index (χ3n) is 3.19. The first-order valence-corrected chi connectivity index (χ1v) is 7.97. The number of hydrogen-bond donors (Lipinski definition) is 0. The Hall–Kier alpha value is -2.63. The molecule has 9 nitrogen and oxygen atoms in total. The molecule has 12 heteroatoms. The maximum Gasteiger partial charge on any atom is 0.516 e. The lowest BCUT2D eigenvalue weighted by molar-refractivity contribution is -0.321. The number of halogens is 3. The van der Waals surface area contributed by atoms with Gasteiger partial charge in [-0.2, -0.15) is 13.2 Å². The summed E-state index contributed by atoms with van der Waals surface area (Å²) in [7, 11) is 0. The van der Waals surface area contributed by atoms with Crippen LogP contribution in [0.4, 0.5) is 18.0 Å². The standard InChI is InChI=1S/C16H20F3NO8/c1-6-25-12(23)15(16(17,18)19)20(11(22)9(2)8-26-15)7-10(21)27-13(24)28-14(3,4)5/h2,6-8H2,1,3-5H3. The summed E-state index contributed by atoms with van der Waals surface area (Å²) in [5, 5.41) is 0. The summed E-state index contributed by atoms with van der Waals surface area (Å²) in [6.07, 6.45) is -6.96. The molecule has 0 saturated carbocycles. The fourth-order valence-corrected chi connectivity index (χ4v) is 2.12. The average molecular weight is 411 g/mol. The topological polar surface area (TPSA) is 108 Å². The molecule has 1 unspecified atom stereocenters. The van der Waals surface area contributed by atoms with Crippen LogP contribution < -0.4 is 0 Å². The molecule has 0 spiro atoms. The first kappa shape index (κ1) is 23.4. The number of amides is 1. The Balaban J connectivity index is 3.21. The van der Waals surface area contributed by atoms with Crippen LogP contribution in [0, 0.1) is 0 Å². The first-order chi connectivity index (χ1) is 12.7. The number of carbonyl (C=O) groups is 4. The lowest BCUT2D eigenvalue weighted by Crippen LogP contribution is -2.71. The van der Waals surface area contributed by atoms with Crippen molar-refractivity contribution in [1.82, 2.24) is 4.90 Å². The SMILES string of the molecule is C=C1COC(C(=O)OCC)(C(F)(F)F)N(CC(=O)OC(=O)OC(C)(C)C)C1=O. The lowest BCUT2D eigenvalue weighted by Gasteiger charge is -2.44. The molecule has 0 N–H and O–H groups in total. The van der Waals surface area contributed by atoms with Crippen molar-refractivity contribution in [2.75, 3.05) is 19.8 Å². The predicted octanol–water partition coefficient (Wildman–Crippen LogP) is 1.70. The van der Waals surface area contributed by atoms with Gasteiger partial charge in [0.25, 0.3) is 5.91 Å². The van der Waals surface area contributed by atoms with E-state index in [4.69, 9.17) is 4.74 Å². The van der Waals surface area contributed by atoms with E-state index in [0.29, 0.717) is 0 Å². The van der Waals surface area contributed by atoms with Crippen LogP contribution >= 0.6 is 0 Å². The molecule has 1 aliphatic heterocycles. The van der Waals surface area contributed by atoms with Gasteiger partial charge in [0, 0.05) is 5.57 Å². The van der Waals surface area contributed by atoms with Crippen LogP contribution in [-0.4, -0.2) is 66.2 Å². The Morgan fingerprint density at radius 3 is 2.29 bits per heavy atom. The number of nitrogens with zero attached hydrogens (tertiary/aromatic N) is 1. The average Bonchev–Trinajstić information content (AvgIpc) is 2.49. The fourth-order valence-electron chi connectivity index (χ4n) is 2.12. The highest BCUT2D eigenvalue weighted by atomic mass is 19.4. The summed E-state index contributed by atoms with van der Waals surface area (Å²) >= 11 is 0. The molecule has 1 fully saturated rings. The van der Waals surface area contributed by atoms with Crippen molar-refractivity contribution in [3.05, 3.63) is 12.2 Å². The molecule has 1 amide bonds. The zero-order valence-corrected chi connectivity index (χ0v) is 15.7. The molecule has 1 atom stereocenters. The molecule has 0 radical (unpaired) electrons.